The van der Waals surface area contributed by atoms with Crippen molar-refractivity contribution in [3.63, 3.8) is 0 Å². The Labute approximate surface area is 115 Å². The van der Waals surface area contributed by atoms with E-state index in [9.17, 15) is 14.3 Å². The van der Waals surface area contributed by atoms with Gasteiger partial charge in [0.25, 0.3) is 5.91 Å². The Morgan fingerprint density at radius 3 is 2.95 bits per heavy atom. The number of likely N-dealkylation sites (tertiary alicyclic amines) is 1. The van der Waals surface area contributed by atoms with E-state index in [4.69, 9.17) is 16.3 Å². The summed E-state index contributed by atoms with van der Waals surface area (Å²) in [5, 5.41) is 9.39. The van der Waals surface area contributed by atoms with Gasteiger partial charge in [-0.25, -0.2) is 4.39 Å². The number of halogens is 2. The molecule has 1 fully saturated rings. The summed E-state index contributed by atoms with van der Waals surface area (Å²) >= 11 is 5.88. The van der Waals surface area contributed by atoms with E-state index in [1.54, 1.807) is 7.11 Å². The van der Waals surface area contributed by atoms with Crippen LogP contribution in [0.4, 0.5) is 4.39 Å². The Bertz CT molecular complexity index is 483. The van der Waals surface area contributed by atoms with Gasteiger partial charge in [-0.2, -0.15) is 0 Å². The van der Waals surface area contributed by atoms with Crippen molar-refractivity contribution in [3.05, 3.63) is 34.6 Å². The van der Waals surface area contributed by atoms with Crippen LogP contribution in [0.3, 0.4) is 0 Å². The van der Waals surface area contributed by atoms with E-state index in [0.29, 0.717) is 13.0 Å². The van der Waals surface area contributed by atoms with Crippen LogP contribution in [-0.4, -0.2) is 48.3 Å². The number of benzene rings is 1. The van der Waals surface area contributed by atoms with Crippen molar-refractivity contribution < 1.29 is 19.0 Å². The molecule has 0 unspecified atom stereocenters. The molecule has 19 heavy (non-hydrogen) atoms. The maximum Gasteiger partial charge on any atom is 0.255 e. The number of rotatable bonds is 3. The summed E-state index contributed by atoms with van der Waals surface area (Å²) in [6, 6.07) is 3.36. The molecular weight excluding hydrogens is 273 g/mol. The Balaban J connectivity index is 2.23. The second-order valence-electron chi connectivity index (χ2n) is 4.51. The van der Waals surface area contributed by atoms with E-state index < -0.39 is 5.82 Å². The van der Waals surface area contributed by atoms with Gasteiger partial charge in [-0.3, -0.25) is 4.79 Å². The fourth-order valence-electron chi connectivity index (χ4n) is 2.28. The molecule has 2 atom stereocenters. The highest BCUT2D eigenvalue weighted by Crippen LogP contribution is 2.25. The van der Waals surface area contributed by atoms with Gasteiger partial charge in [0.1, 0.15) is 5.82 Å². The van der Waals surface area contributed by atoms with Crippen LogP contribution in [0.25, 0.3) is 0 Å². The maximum atomic E-state index is 13.0. The highest BCUT2D eigenvalue weighted by molar-refractivity contribution is 6.33. The summed E-state index contributed by atoms with van der Waals surface area (Å²) in [6.45, 7) is 0.263. The van der Waals surface area contributed by atoms with E-state index in [2.05, 4.69) is 0 Å². The second-order valence-corrected chi connectivity index (χ2v) is 4.92. The van der Waals surface area contributed by atoms with Gasteiger partial charge < -0.3 is 14.7 Å². The van der Waals surface area contributed by atoms with Crippen molar-refractivity contribution in [1.82, 2.24) is 4.90 Å². The minimum Gasteiger partial charge on any atom is -0.394 e. The minimum atomic E-state index is -0.489. The molecule has 1 aliphatic heterocycles. The summed E-state index contributed by atoms with van der Waals surface area (Å²) in [5.41, 5.74) is 0.235. The highest BCUT2D eigenvalue weighted by Gasteiger charge is 2.35. The summed E-state index contributed by atoms with van der Waals surface area (Å²) in [4.78, 5) is 13.9. The van der Waals surface area contributed by atoms with Gasteiger partial charge in [-0.15, -0.1) is 0 Å². The predicted molar refractivity (Wildman–Crippen MR) is 68.7 cm³/mol. The molecule has 1 N–H and O–H groups in total. The van der Waals surface area contributed by atoms with Crippen LogP contribution in [0.5, 0.6) is 0 Å². The predicted octanol–water partition coefficient (Wildman–Crippen LogP) is 1.70. The number of hydrogen-bond donors (Lipinski definition) is 1. The van der Waals surface area contributed by atoms with Crippen LogP contribution in [0.15, 0.2) is 18.2 Å². The lowest BCUT2D eigenvalue weighted by atomic mass is 10.1. The number of hydrogen-bond acceptors (Lipinski definition) is 3. The fourth-order valence-corrected chi connectivity index (χ4v) is 2.53. The summed E-state index contributed by atoms with van der Waals surface area (Å²) in [7, 11) is 1.57. The Morgan fingerprint density at radius 1 is 1.63 bits per heavy atom. The summed E-state index contributed by atoms with van der Waals surface area (Å²) < 4.78 is 18.2. The van der Waals surface area contributed by atoms with Gasteiger partial charge in [0.15, 0.2) is 0 Å². The van der Waals surface area contributed by atoms with E-state index in [1.807, 2.05) is 0 Å². The standard InChI is InChI=1S/C13H15ClFNO3/c1-19-10-5-9(7-17)16(6-10)13(18)11-3-2-8(15)4-12(11)14/h2-4,9-10,17H,5-7H2,1H3/t9-,10+/m0/s1. The van der Waals surface area contributed by atoms with Gasteiger partial charge in [0.05, 0.1) is 29.3 Å². The largest absolute Gasteiger partial charge is 0.394 e. The molecule has 1 aromatic carbocycles. The first kappa shape index (κ1) is 14.2. The SMILES string of the molecule is CO[C@@H]1C[C@@H](CO)N(C(=O)c2ccc(F)cc2Cl)C1. The molecule has 104 valence electrons. The zero-order valence-electron chi connectivity index (χ0n) is 10.5. The minimum absolute atomic E-state index is 0.0718. The lowest BCUT2D eigenvalue weighted by molar-refractivity contribution is 0.0648. The molecule has 0 radical (unpaired) electrons. The maximum absolute atomic E-state index is 13.0. The first-order valence-electron chi connectivity index (χ1n) is 5.96. The van der Waals surface area contributed by atoms with E-state index in [-0.39, 0.29) is 35.2 Å². The Hall–Kier alpha value is -1.17. The number of amides is 1. The lowest BCUT2D eigenvalue weighted by Crippen LogP contribution is -2.38. The molecule has 0 spiro atoms. The van der Waals surface area contributed by atoms with Crippen molar-refractivity contribution in [1.29, 1.82) is 0 Å². The number of ether oxygens (including phenoxy) is 1. The van der Waals surface area contributed by atoms with E-state index in [1.165, 1.54) is 17.0 Å². The Kier molecular flexibility index (Phi) is 4.39. The lowest BCUT2D eigenvalue weighted by Gasteiger charge is -2.23. The molecule has 1 aliphatic rings. The van der Waals surface area contributed by atoms with Crippen LogP contribution >= 0.6 is 11.6 Å². The van der Waals surface area contributed by atoms with E-state index >= 15 is 0 Å². The van der Waals surface area contributed by atoms with Crippen molar-refractivity contribution in [2.75, 3.05) is 20.3 Å². The topological polar surface area (TPSA) is 49.8 Å². The second kappa shape index (κ2) is 5.86. The number of carbonyl (C=O) groups excluding carboxylic acids is 1. The summed E-state index contributed by atoms with van der Waals surface area (Å²) in [5.74, 6) is -0.806. The third-order valence-corrected chi connectivity index (χ3v) is 3.66. The first-order valence-corrected chi connectivity index (χ1v) is 6.34. The highest BCUT2D eigenvalue weighted by atomic mass is 35.5. The molecule has 4 nitrogen and oxygen atoms in total. The molecule has 0 aromatic heterocycles. The fraction of sp³-hybridized carbons (Fsp3) is 0.462. The Morgan fingerprint density at radius 2 is 2.37 bits per heavy atom. The molecule has 0 bridgehead atoms. The molecule has 0 aliphatic carbocycles. The smallest absolute Gasteiger partial charge is 0.255 e. The van der Waals surface area contributed by atoms with Crippen molar-refractivity contribution >= 4 is 17.5 Å². The molecule has 1 heterocycles. The average Bonchev–Trinajstić information content (AvgIpc) is 2.81. The third kappa shape index (κ3) is 2.88. The molecule has 1 aromatic rings. The quantitative estimate of drug-likeness (QED) is 0.920. The molecule has 6 heteroatoms. The van der Waals surface area contributed by atoms with Crippen molar-refractivity contribution in [2.45, 2.75) is 18.6 Å². The van der Waals surface area contributed by atoms with Crippen LogP contribution in [0, 0.1) is 5.82 Å². The zero-order valence-corrected chi connectivity index (χ0v) is 11.2. The van der Waals surface area contributed by atoms with Crippen LogP contribution in [0.2, 0.25) is 5.02 Å². The van der Waals surface area contributed by atoms with E-state index in [0.717, 1.165) is 6.07 Å². The molecular formula is C13H15ClFNO3. The normalized spacial score (nSPS) is 22.8. The van der Waals surface area contributed by atoms with Gasteiger partial charge in [-0.05, 0) is 24.6 Å². The van der Waals surface area contributed by atoms with Crippen molar-refractivity contribution in [2.24, 2.45) is 0 Å². The van der Waals surface area contributed by atoms with Gasteiger partial charge in [0, 0.05) is 13.7 Å². The van der Waals surface area contributed by atoms with Gasteiger partial charge in [0.2, 0.25) is 0 Å². The summed E-state index contributed by atoms with van der Waals surface area (Å²) in [6.07, 6.45) is 0.484. The van der Waals surface area contributed by atoms with Gasteiger partial charge in [-0.1, -0.05) is 11.6 Å². The zero-order chi connectivity index (χ0) is 14.0. The molecule has 0 saturated carbocycles. The monoisotopic (exact) mass is 287 g/mol. The number of nitrogens with zero attached hydrogens (tertiary/aromatic N) is 1. The van der Waals surface area contributed by atoms with Crippen LogP contribution < -0.4 is 0 Å². The average molecular weight is 288 g/mol. The number of aliphatic hydroxyl groups excluding tert-OH is 1. The number of methoxy groups -OCH3 is 1. The first-order chi connectivity index (χ1) is 9.06. The molecule has 1 amide bonds. The van der Waals surface area contributed by atoms with Crippen LogP contribution in [-0.2, 0) is 4.74 Å². The number of aliphatic hydroxyl groups is 1. The molecule has 1 saturated heterocycles. The number of carbonyl (C=O) groups is 1. The van der Waals surface area contributed by atoms with Crippen molar-refractivity contribution in [3.8, 4) is 0 Å². The molecule has 2 rings (SSSR count). The van der Waals surface area contributed by atoms with Crippen LogP contribution in [0.1, 0.15) is 16.8 Å². The van der Waals surface area contributed by atoms with Gasteiger partial charge >= 0.3 is 0 Å². The third-order valence-electron chi connectivity index (χ3n) is 3.34.